The lowest BCUT2D eigenvalue weighted by molar-refractivity contribution is 0.0939. The number of piperidine rings is 1. The monoisotopic (exact) mass is 426 g/mol. The zero-order chi connectivity index (χ0) is 21.3. The van der Waals surface area contributed by atoms with Gasteiger partial charge in [-0.1, -0.05) is 31.2 Å². The van der Waals surface area contributed by atoms with Crippen LogP contribution < -0.4 is 5.32 Å². The number of carbonyl (C=O) groups excluding carboxylic acids is 1. The van der Waals surface area contributed by atoms with Crippen LogP contribution in [0.1, 0.15) is 66.2 Å². The van der Waals surface area contributed by atoms with E-state index in [-0.39, 0.29) is 16.8 Å². The Balaban J connectivity index is 1.48. The fourth-order valence-corrected chi connectivity index (χ4v) is 5.91. The highest BCUT2D eigenvalue weighted by Gasteiger charge is 2.28. The predicted molar refractivity (Wildman–Crippen MR) is 118 cm³/mol. The van der Waals surface area contributed by atoms with Gasteiger partial charge in [0.05, 0.1) is 10.9 Å². The summed E-state index contributed by atoms with van der Waals surface area (Å²) in [6.45, 7) is 5.19. The number of nitrogens with zero attached hydrogens (tertiary/aromatic N) is 1. The van der Waals surface area contributed by atoms with Crippen molar-refractivity contribution in [2.24, 2.45) is 5.92 Å². The van der Waals surface area contributed by atoms with Crippen molar-refractivity contribution in [2.45, 2.75) is 56.9 Å². The largest absolute Gasteiger partial charge is 0.346 e. The molecule has 2 aromatic carbocycles. The molecular formula is C24H30N2O3S. The molecule has 2 aliphatic rings. The molecule has 30 heavy (non-hydrogen) atoms. The summed E-state index contributed by atoms with van der Waals surface area (Å²) in [5.41, 5.74) is 4.23. The van der Waals surface area contributed by atoms with Crippen LogP contribution >= 0.6 is 0 Å². The Morgan fingerprint density at radius 3 is 2.57 bits per heavy atom. The zero-order valence-corrected chi connectivity index (χ0v) is 18.5. The molecule has 0 radical (unpaired) electrons. The Labute approximate surface area is 179 Å². The smallest absolute Gasteiger partial charge is 0.251 e. The number of aryl methyl sites for hydroxylation is 2. The third-order valence-electron chi connectivity index (χ3n) is 6.45. The van der Waals surface area contributed by atoms with Crippen molar-refractivity contribution in [2.75, 3.05) is 13.1 Å². The number of nitrogens with one attached hydrogen (secondary N) is 1. The van der Waals surface area contributed by atoms with E-state index >= 15 is 0 Å². The maximum Gasteiger partial charge on any atom is 0.251 e. The van der Waals surface area contributed by atoms with Crippen LogP contribution in [-0.2, 0) is 22.9 Å². The Kier molecular flexibility index (Phi) is 5.98. The quantitative estimate of drug-likeness (QED) is 0.783. The average molecular weight is 427 g/mol. The first-order valence-corrected chi connectivity index (χ1v) is 12.3. The fraction of sp³-hybridized carbons (Fsp3) is 0.458. The summed E-state index contributed by atoms with van der Waals surface area (Å²) in [7, 11) is -3.58. The molecule has 6 heteroatoms. The van der Waals surface area contributed by atoms with Gasteiger partial charge in [-0.15, -0.1) is 0 Å². The van der Waals surface area contributed by atoms with Crippen LogP contribution in [0.2, 0.25) is 0 Å². The van der Waals surface area contributed by atoms with Crippen LogP contribution in [0.3, 0.4) is 0 Å². The minimum absolute atomic E-state index is 0.146. The SMILES string of the molecule is CC1CCN(S(=O)(=O)c2cccc(C(=O)NC(C)c3ccc4c(c3)CCC4)c2)CC1. The molecule has 4 rings (SSSR count). The Bertz CT molecular complexity index is 1040. The first-order valence-electron chi connectivity index (χ1n) is 10.9. The van der Waals surface area contributed by atoms with E-state index in [2.05, 4.69) is 30.4 Å². The van der Waals surface area contributed by atoms with E-state index in [0.29, 0.717) is 24.6 Å². The van der Waals surface area contributed by atoms with Gasteiger partial charge in [-0.2, -0.15) is 4.31 Å². The molecule has 1 amide bonds. The van der Waals surface area contributed by atoms with Gasteiger partial charge in [-0.3, -0.25) is 4.79 Å². The van der Waals surface area contributed by atoms with E-state index in [1.807, 2.05) is 6.92 Å². The molecule has 1 atom stereocenters. The molecule has 2 aromatic rings. The van der Waals surface area contributed by atoms with E-state index in [0.717, 1.165) is 31.2 Å². The van der Waals surface area contributed by atoms with Gasteiger partial charge in [-0.05, 0) is 79.8 Å². The van der Waals surface area contributed by atoms with Crippen LogP contribution in [0.25, 0.3) is 0 Å². The molecular weight excluding hydrogens is 396 g/mol. The van der Waals surface area contributed by atoms with Crippen molar-refractivity contribution in [1.29, 1.82) is 0 Å². The number of hydrogen-bond donors (Lipinski definition) is 1. The van der Waals surface area contributed by atoms with Gasteiger partial charge in [-0.25, -0.2) is 8.42 Å². The van der Waals surface area contributed by atoms with Crippen molar-refractivity contribution < 1.29 is 13.2 Å². The summed E-state index contributed by atoms with van der Waals surface area (Å²) < 4.78 is 27.6. The number of fused-ring (bicyclic) bond motifs is 1. The number of hydrogen-bond acceptors (Lipinski definition) is 3. The fourth-order valence-electron chi connectivity index (χ4n) is 4.40. The number of sulfonamides is 1. The maximum absolute atomic E-state index is 13.0. The van der Waals surface area contributed by atoms with Gasteiger partial charge in [0.25, 0.3) is 5.91 Å². The number of carbonyl (C=O) groups is 1. The summed E-state index contributed by atoms with van der Waals surface area (Å²) in [4.78, 5) is 13.0. The number of benzene rings is 2. The molecule has 1 unspecified atom stereocenters. The van der Waals surface area contributed by atoms with Crippen molar-refractivity contribution in [3.63, 3.8) is 0 Å². The lowest BCUT2D eigenvalue weighted by Crippen LogP contribution is -2.38. The normalized spacial score (nSPS) is 18.7. The number of rotatable bonds is 5. The standard InChI is InChI=1S/C24H30N2O3S/c1-17-11-13-26(14-12-17)30(28,29)23-8-4-7-22(16-23)24(27)25-18(2)20-10-9-19-5-3-6-21(19)15-20/h4,7-10,15-18H,3,5-6,11-14H2,1-2H3,(H,25,27). The van der Waals surface area contributed by atoms with Crippen LogP contribution in [0.4, 0.5) is 0 Å². The molecule has 0 saturated carbocycles. The second-order valence-electron chi connectivity index (χ2n) is 8.69. The van der Waals surface area contributed by atoms with Crippen molar-refractivity contribution in [3.8, 4) is 0 Å². The van der Waals surface area contributed by atoms with Gasteiger partial charge < -0.3 is 5.32 Å². The van der Waals surface area contributed by atoms with Gasteiger partial charge in [0, 0.05) is 18.7 Å². The van der Waals surface area contributed by atoms with Gasteiger partial charge in [0.15, 0.2) is 0 Å². The van der Waals surface area contributed by atoms with Crippen LogP contribution in [0.15, 0.2) is 47.4 Å². The average Bonchev–Trinajstić information content (AvgIpc) is 3.22. The highest BCUT2D eigenvalue weighted by atomic mass is 32.2. The van der Waals surface area contributed by atoms with Crippen LogP contribution in [0.5, 0.6) is 0 Å². The molecule has 1 fully saturated rings. The molecule has 0 spiro atoms. The molecule has 1 saturated heterocycles. The molecule has 0 aromatic heterocycles. The minimum atomic E-state index is -3.58. The van der Waals surface area contributed by atoms with E-state index in [4.69, 9.17) is 0 Å². The molecule has 160 valence electrons. The molecule has 5 nitrogen and oxygen atoms in total. The van der Waals surface area contributed by atoms with E-state index in [1.165, 1.54) is 27.9 Å². The molecule has 1 aliphatic carbocycles. The summed E-state index contributed by atoms with van der Waals surface area (Å²) in [6.07, 6.45) is 5.17. The van der Waals surface area contributed by atoms with E-state index in [9.17, 15) is 13.2 Å². The second-order valence-corrected chi connectivity index (χ2v) is 10.6. The zero-order valence-electron chi connectivity index (χ0n) is 17.7. The van der Waals surface area contributed by atoms with E-state index in [1.54, 1.807) is 18.2 Å². The summed E-state index contributed by atoms with van der Waals surface area (Å²) in [5.74, 6) is 0.293. The highest BCUT2D eigenvalue weighted by Crippen LogP contribution is 2.26. The molecule has 1 aliphatic heterocycles. The minimum Gasteiger partial charge on any atom is -0.346 e. The summed E-state index contributed by atoms with van der Waals surface area (Å²) in [5, 5.41) is 3.02. The van der Waals surface area contributed by atoms with Crippen molar-refractivity contribution in [1.82, 2.24) is 9.62 Å². The van der Waals surface area contributed by atoms with Gasteiger partial charge in [0.2, 0.25) is 10.0 Å². The Morgan fingerprint density at radius 1 is 1.07 bits per heavy atom. The van der Waals surface area contributed by atoms with Crippen LogP contribution in [-0.4, -0.2) is 31.7 Å². The third kappa shape index (κ3) is 4.30. The first-order chi connectivity index (χ1) is 14.3. The molecule has 0 bridgehead atoms. The lowest BCUT2D eigenvalue weighted by Gasteiger charge is -2.29. The van der Waals surface area contributed by atoms with Gasteiger partial charge >= 0.3 is 0 Å². The van der Waals surface area contributed by atoms with Crippen LogP contribution in [0, 0.1) is 5.92 Å². The molecule has 1 N–H and O–H groups in total. The predicted octanol–water partition coefficient (Wildman–Crippen LogP) is 4.09. The summed E-state index contributed by atoms with van der Waals surface area (Å²) >= 11 is 0. The lowest BCUT2D eigenvalue weighted by atomic mass is 10.0. The Hall–Kier alpha value is -2.18. The van der Waals surface area contributed by atoms with Crippen molar-refractivity contribution >= 4 is 15.9 Å². The highest BCUT2D eigenvalue weighted by molar-refractivity contribution is 7.89. The van der Waals surface area contributed by atoms with Crippen molar-refractivity contribution in [3.05, 3.63) is 64.7 Å². The topological polar surface area (TPSA) is 66.5 Å². The molecule has 1 heterocycles. The first kappa shape index (κ1) is 21.1. The number of amides is 1. The summed E-state index contributed by atoms with van der Waals surface area (Å²) in [6, 6.07) is 12.7. The van der Waals surface area contributed by atoms with Gasteiger partial charge in [0.1, 0.15) is 0 Å². The third-order valence-corrected chi connectivity index (χ3v) is 8.34. The maximum atomic E-state index is 13.0. The Morgan fingerprint density at radius 2 is 1.80 bits per heavy atom. The second kappa shape index (κ2) is 8.52. The van der Waals surface area contributed by atoms with E-state index < -0.39 is 10.0 Å².